The molecule has 0 fully saturated rings. The van der Waals surface area contributed by atoms with E-state index < -0.39 is 0 Å². The normalized spacial score (nSPS) is 17.8. The van der Waals surface area contributed by atoms with Crippen LogP contribution in [0.5, 0.6) is 17.2 Å². The van der Waals surface area contributed by atoms with Crippen LogP contribution in [0, 0.1) is 0 Å². The molecule has 1 atom stereocenters. The Bertz CT molecular complexity index is 522. The number of rotatable bonds is 1. The third kappa shape index (κ3) is 1.91. The zero-order valence-corrected chi connectivity index (χ0v) is 9.17. The Balaban J connectivity index is 1.88. The molecule has 86 valence electrons. The molecule has 1 heterocycles. The number of benzene rings is 2. The molecule has 1 N–H and O–H groups in total. The van der Waals surface area contributed by atoms with E-state index in [-0.39, 0.29) is 11.9 Å². The minimum Gasteiger partial charge on any atom is -0.508 e. The molecule has 1 unspecified atom stereocenters. The van der Waals surface area contributed by atoms with Crippen LogP contribution in [-0.4, -0.2) is 11.7 Å². The molecule has 3 heteroatoms. The second-order valence-corrected chi connectivity index (χ2v) is 3.96. The molecule has 0 amide bonds. The molecule has 0 spiro atoms. The van der Waals surface area contributed by atoms with Crippen molar-refractivity contribution in [2.45, 2.75) is 6.10 Å². The highest BCUT2D eigenvalue weighted by atomic mass is 16.6. The fourth-order valence-electron chi connectivity index (χ4n) is 1.89. The molecule has 3 nitrogen and oxygen atoms in total. The maximum Gasteiger partial charge on any atom is 0.165 e. The first-order valence-corrected chi connectivity index (χ1v) is 5.50. The first-order chi connectivity index (χ1) is 8.33. The summed E-state index contributed by atoms with van der Waals surface area (Å²) in [6, 6.07) is 14.8. The van der Waals surface area contributed by atoms with Gasteiger partial charge in [0.1, 0.15) is 12.4 Å². The molecular formula is C14H12O3. The van der Waals surface area contributed by atoms with Crippen molar-refractivity contribution in [3.63, 3.8) is 0 Å². The van der Waals surface area contributed by atoms with Crippen molar-refractivity contribution < 1.29 is 14.6 Å². The van der Waals surface area contributed by atoms with E-state index in [4.69, 9.17) is 9.47 Å². The molecule has 2 aromatic rings. The van der Waals surface area contributed by atoms with E-state index >= 15 is 0 Å². The fourth-order valence-corrected chi connectivity index (χ4v) is 1.89. The number of aromatic hydroxyl groups is 1. The molecule has 0 aliphatic carbocycles. The number of hydrogen-bond acceptors (Lipinski definition) is 3. The molecule has 0 saturated heterocycles. The highest BCUT2D eigenvalue weighted by Crippen LogP contribution is 2.38. The van der Waals surface area contributed by atoms with Crippen molar-refractivity contribution in [3.8, 4) is 17.2 Å². The van der Waals surface area contributed by atoms with E-state index in [9.17, 15) is 5.11 Å². The van der Waals surface area contributed by atoms with E-state index in [0.717, 1.165) is 5.56 Å². The maximum absolute atomic E-state index is 9.34. The van der Waals surface area contributed by atoms with E-state index in [1.54, 1.807) is 18.2 Å². The maximum atomic E-state index is 9.34. The van der Waals surface area contributed by atoms with Crippen LogP contribution in [0.25, 0.3) is 0 Å². The zero-order chi connectivity index (χ0) is 11.7. The Morgan fingerprint density at radius 2 is 1.82 bits per heavy atom. The van der Waals surface area contributed by atoms with Gasteiger partial charge in [0, 0.05) is 6.07 Å². The van der Waals surface area contributed by atoms with E-state index in [1.807, 2.05) is 30.3 Å². The van der Waals surface area contributed by atoms with Gasteiger partial charge in [-0.25, -0.2) is 0 Å². The smallest absolute Gasteiger partial charge is 0.165 e. The van der Waals surface area contributed by atoms with Gasteiger partial charge in [0.25, 0.3) is 0 Å². The number of phenolic OH excluding ortho intramolecular Hbond substituents is 1. The highest BCUT2D eigenvalue weighted by molar-refractivity contribution is 5.46. The van der Waals surface area contributed by atoms with Gasteiger partial charge < -0.3 is 14.6 Å². The molecule has 0 radical (unpaired) electrons. The molecule has 0 saturated carbocycles. The third-order valence-corrected chi connectivity index (χ3v) is 2.76. The van der Waals surface area contributed by atoms with Crippen molar-refractivity contribution in [3.05, 3.63) is 54.1 Å². The average Bonchev–Trinajstić information content (AvgIpc) is 2.39. The summed E-state index contributed by atoms with van der Waals surface area (Å²) in [6.07, 6.45) is -0.0896. The summed E-state index contributed by atoms with van der Waals surface area (Å²) in [6.45, 7) is 0.459. The second-order valence-electron chi connectivity index (χ2n) is 3.96. The van der Waals surface area contributed by atoms with Crippen LogP contribution in [0.3, 0.4) is 0 Å². The predicted molar refractivity (Wildman–Crippen MR) is 63.4 cm³/mol. The first-order valence-electron chi connectivity index (χ1n) is 5.50. The summed E-state index contributed by atoms with van der Waals surface area (Å²) in [5.74, 6) is 1.45. The summed E-state index contributed by atoms with van der Waals surface area (Å²) < 4.78 is 11.4. The lowest BCUT2D eigenvalue weighted by Crippen LogP contribution is -2.21. The molecule has 2 aromatic carbocycles. The Morgan fingerprint density at radius 1 is 1.00 bits per heavy atom. The number of fused-ring (bicyclic) bond motifs is 1. The molecule has 3 rings (SSSR count). The standard InChI is InChI=1S/C14H12O3/c15-11-6-7-12-13(8-11)16-9-14(17-12)10-4-2-1-3-5-10/h1-8,14-15H,9H2. The van der Waals surface area contributed by atoms with Crippen molar-refractivity contribution in [2.75, 3.05) is 6.61 Å². The molecular weight excluding hydrogens is 216 g/mol. The monoisotopic (exact) mass is 228 g/mol. The first kappa shape index (κ1) is 10.0. The third-order valence-electron chi connectivity index (χ3n) is 2.76. The van der Waals surface area contributed by atoms with Crippen molar-refractivity contribution >= 4 is 0 Å². The minimum atomic E-state index is -0.0896. The van der Waals surface area contributed by atoms with E-state index in [0.29, 0.717) is 18.1 Å². The molecule has 0 bridgehead atoms. The lowest BCUT2D eigenvalue weighted by atomic mass is 10.1. The largest absolute Gasteiger partial charge is 0.508 e. The van der Waals surface area contributed by atoms with Gasteiger partial charge in [0.2, 0.25) is 0 Å². The summed E-state index contributed by atoms with van der Waals surface area (Å²) in [5.41, 5.74) is 1.09. The van der Waals surface area contributed by atoms with Gasteiger partial charge in [-0.15, -0.1) is 0 Å². The zero-order valence-electron chi connectivity index (χ0n) is 9.17. The van der Waals surface area contributed by atoms with Gasteiger partial charge in [-0.2, -0.15) is 0 Å². The number of hydrogen-bond donors (Lipinski definition) is 1. The second kappa shape index (κ2) is 4.01. The van der Waals surface area contributed by atoms with Crippen molar-refractivity contribution in [2.24, 2.45) is 0 Å². The van der Waals surface area contributed by atoms with Crippen LogP contribution >= 0.6 is 0 Å². The topological polar surface area (TPSA) is 38.7 Å². The predicted octanol–water partition coefficient (Wildman–Crippen LogP) is 2.90. The lowest BCUT2D eigenvalue weighted by molar-refractivity contribution is 0.0909. The van der Waals surface area contributed by atoms with Gasteiger partial charge in [0.05, 0.1) is 0 Å². The molecule has 17 heavy (non-hydrogen) atoms. The van der Waals surface area contributed by atoms with Crippen molar-refractivity contribution in [1.82, 2.24) is 0 Å². The summed E-state index contributed by atoms with van der Waals surface area (Å²) in [5, 5.41) is 9.34. The van der Waals surface area contributed by atoms with Crippen LogP contribution in [0.15, 0.2) is 48.5 Å². The Morgan fingerprint density at radius 3 is 2.65 bits per heavy atom. The van der Waals surface area contributed by atoms with E-state index in [1.165, 1.54) is 0 Å². The van der Waals surface area contributed by atoms with Gasteiger partial charge in [0.15, 0.2) is 17.6 Å². The van der Waals surface area contributed by atoms with Crippen LogP contribution in [0.1, 0.15) is 11.7 Å². The Hall–Kier alpha value is -2.16. The summed E-state index contributed by atoms with van der Waals surface area (Å²) >= 11 is 0. The molecule has 1 aliphatic heterocycles. The minimum absolute atomic E-state index is 0.0896. The highest BCUT2D eigenvalue weighted by Gasteiger charge is 2.22. The Kier molecular flexibility index (Phi) is 2.37. The number of ether oxygens (including phenoxy) is 2. The van der Waals surface area contributed by atoms with Gasteiger partial charge in [-0.3, -0.25) is 0 Å². The van der Waals surface area contributed by atoms with Crippen LogP contribution < -0.4 is 9.47 Å². The summed E-state index contributed by atoms with van der Waals surface area (Å²) in [4.78, 5) is 0. The van der Waals surface area contributed by atoms with Crippen LogP contribution in [-0.2, 0) is 0 Å². The fraction of sp³-hybridized carbons (Fsp3) is 0.143. The van der Waals surface area contributed by atoms with Crippen LogP contribution in [0.2, 0.25) is 0 Å². The van der Waals surface area contributed by atoms with Crippen LogP contribution in [0.4, 0.5) is 0 Å². The van der Waals surface area contributed by atoms with Crippen molar-refractivity contribution in [1.29, 1.82) is 0 Å². The molecule has 1 aliphatic rings. The van der Waals surface area contributed by atoms with Gasteiger partial charge in [-0.1, -0.05) is 30.3 Å². The lowest BCUT2D eigenvalue weighted by Gasteiger charge is -2.26. The average molecular weight is 228 g/mol. The molecule has 0 aromatic heterocycles. The van der Waals surface area contributed by atoms with Gasteiger partial charge in [-0.05, 0) is 17.7 Å². The SMILES string of the molecule is Oc1ccc2c(c1)OCC(c1ccccc1)O2. The quantitative estimate of drug-likeness (QED) is 0.815. The van der Waals surface area contributed by atoms with E-state index in [2.05, 4.69) is 0 Å². The van der Waals surface area contributed by atoms with Gasteiger partial charge >= 0.3 is 0 Å². The summed E-state index contributed by atoms with van der Waals surface area (Å²) in [7, 11) is 0. The number of phenols is 1. The Labute approximate surface area is 99.2 Å².